The van der Waals surface area contributed by atoms with Crippen LogP contribution in [-0.4, -0.2) is 21.5 Å². The third-order valence-corrected chi connectivity index (χ3v) is 5.01. The van der Waals surface area contributed by atoms with E-state index >= 15 is 0 Å². The summed E-state index contributed by atoms with van der Waals surface area (Å²) in [4.78, 5) is 16.2. The summed E-state index contributed by atoms with van der Waals surface area (Å²) in [5, 5.41) is 1.06. The van der Waals surface area contributed by atoms with Crippen LogP contribution >= 0.6 is 0 Å². The Morgan fingerprint density at radius 2 is 1.96 bits per heavy atom. The normalized spacial score (nSPS) is 13.1. The first-order chi connectivity index (χ1) is 13.2. The summed E-state index contributed by atoms with van der Waals surface area (Å²) in [6.07, 6.45) is 4.52. The Morgan fingerprint density at radius 1 is 1.04 bits per heavy atom. The van der Waals surface area contributed by atoms with E-state index in [2.05, 4.69) is 47.1 Å². The minimum Gasteiger partial charge on any atom is -0.399 e. The molecule has 5 rings (SSSR count). The summed E-state index contributed by atoms with van der Waals surface area (Å²) in [5.74, 6) is 1.63. The minimum atomic E-state index is 0.693. The maximum Gasteiger partial charge on any atom is 0.163 e. The standard InChI is InChI=1S/C22H19N5/c1-14-4-6-19-18(11-14)22(26-21(25-19)16-3-2-9-24-13-16)27-10-8-15-12-17(23)5-7-20(15)27/h2-7,9,11-13H,8,10,23H2,1H3. The molecule has 4 aromatic rings. The van der Waals surface area contributed by atoms with E-state index in [1.807, 2.05) is 18.2 Å². The van der Waals surface area contributed by atoms with Gasteiger partial charge in [0.05, 0.1) is 5.52 Å². The summed E-state index contributed by atoms with van der Waals surface area (Å²) in [7, 11) is 0. The molecule has 1 aliphatic rings. The first kappa shape index (κ1) is 15.8. The van der Waals surface area contributed by atoms with E-state index in [0.29, 0.717) is 5.82 Å². The molecule has 2 N–H and O–H groups in total. The number of hydrogen-bond donors (Lipinski definition) is 1. The number of nitrogen functional groups attached to an aromatic ring is 1. The van der Waals surface area contributed by atoms with Crippen LogP contribution in [0.5, 0.6) is 0 Å². The monoisotopic (exact) mass is 353 g/mol. The number of aromatic nitrogens is 3. The summed E-state index contributed by atoms with van der Waals surface area (Å²) >= 11 is 0. The SMILES string of the molecule is Cc1ccc2nc(-c3cccnc3)nc(N3CCc4cc(N)ccc43)c2c1. The lowest BCUT2D eigenvalue weighted by atomic mass is 10.1. The maximum absolute atomic E-state index is 5.97. The van der Waals surface area contributed by atoms with E-state index in [9.17, 15) is 0 Å². The average molecular weight is 353 g/mol. The third-order valence-electron chi connectivity index (χ3n) is 5.01. The molecule has 5 heteroatoms. The Bertz CT molecular complexity index is 1150. The van der Waals surface area contributed by atoms with Crippen molar-refractivity contribution < 1.29 is 0 Å². The van der Waals surface area contributed by atoms with Crippen LogP contribution in [0.4, 0.5) is 17.2 Å². The van der Waals surface area contributed by atoms with Crippen LogP contribution in [0.2, 0.25) is 0 Å². The lowest BCUT2D eigenvalue weighted by Gasteiger charge is -2.21. The van der Waals surface area contributed by atoms with E-state index in [1.54, 1.807) is 12.4 Å². The molecule has 2 aromatic carbocycles. The molecule has 2 aromatic heterocycles. The zero-order valence-electron chi connectivity index (χ0n) is 15.1. The van der Waals surface area contributed by atoms with Crippen molar-refractivity contribution in [3.05, 3.63) is 72.1 Å². The van der Waals surface area contributed by atoms with Crippen molar-refractivity contribution in [2.24, 2.45) is 0 Å². The van der Waals surface area contributed by atoms with Crippen LogP contribution in [-0.2, 0) is 6.42 Å². The van der Waals surface area contributed by atoms with Gasteiger partial charge in [-0.3, -0.25) is 4.98 Å². The molecular formula is C22H19N5. The number of aryl methyl sites for hydroxylation is 1. The third kappa shape index (κ3) is 2.68. The summed E-state index contributed by atoms with van der Waals surface area (Å²) in [5.41, 5.74) is 12.3. The van der Waals surface area contributed by atoms with Crippen molar-refractivity contribution in [3.63, 3.8) is 0 Å². The van der Waals surface area contributed by atoms with Gasteiger partial charge in [0.25, 0.3) is 0 Å². The molecule has 0 bridgehead atoms. The Hall–Kier alpha value is -3.47. The van der Waals surface area contributed by atoms with Crippen molar-refractivity contribution in [2.75, 3.05) is 17.2 Å². The minimum absolute atomic E-state index is 0.693. The van der Waals surface area contributed by atoms with E-state index in [4.69, 9.17) is 15.7 Å². The summed E-state index contributed by atoms with van der Waals surface area (Å²) in [6.45, 7) is 2.97. The Morgan fingerprint density at radius 3 is 2.81 bits per heavy atom. The molecule has 1 aliphatic heterocycles. The van der Waals surface area contributed by atoms with E-state index in [0.717, 1.165) is 40.9 Å². The second-order valence-electron chi connectivity index (χ2n) is 6.92. The van der Waals surface area contributed by atoms with E-state index in [1.165, 1.54) is 16.8 Å². The van der Waals surface area contributed by atoms with Gasteiger partial charge >= 0.3 is 0 Å². The largest absolute Gasteiger partial charge is 0.399 e. The second-order valence-corrected chi connectivity index (χ2v) is 6.92. The predicted octanol–water partition coefficient (Wildman–Crippen LogP) is 4.28. The van der Waals surface area contributed by atoms with Crippen LogP contribution in [0.15, 0.2) is 60.9 Å². The topological polar surface area (TPSA) is 67.9 Å². The van der Waals surface area contributed by atoms with Gasteiger partial charge in [0, 0.05) is 41.3 Å². The molecule has 0 radical (unpaired) electrons. The highest BCUT2D eigenvalue weighted by Crippen LogP contribution is 2.38. The fraction of sp³-hybridized carbons (Fsp3) is 0.136. The highest BCUT2D eigenvalue weighted by Gasteiger charge is 2.24. The van der Waals surface area contributed by atoms with Crippen molar-refractivity contribution in [1.82, 2.24) is 15.0 Å². The predicted molar refractivity (Wildman–Crippen MR) is 109 cm³/mol. The fourth-order valence-corrected chi connectivity index (χ4v) is 3.70. The van der Waals surface area contributed by atoms with Gasteiger partial charge in [-0.2, -0.15) is 0 Å². The smallest absolute Gasteiger partial charge is 0.163 e. The Kier molecular flexibility index (Phi) is 3.53. The Labute approximate surface area is 157 Å². The zero-order valence-corrected chi connectivity index (χ0v) is 15.1. The number of anilines is 3. The van der Waals surface area contributed by atoms with Crippen LogP contribution < -0.4 is 10.6 Å². The number of pyridine rings is 1. The highest BCUT2D eigenvalue weighted by atomic mass is 15.2. The lowest BCUT2D eigenvalue weighted by molar-refractivity contribution is 0.976. The van der Waals surface area contributed by atoms with E-state index < -0.39 is 0 Å². The number of nitrogens with zero attached hydrogens (tertiary/aromatic N) is 4. The van der Waals surface area contributed by atoms with Crippen LogP contribution in [0.1, 0.15) is 11.1 Å². The number of nitrogens with two attached hydrogens (primary N) is 1. The number of hydrogen-bond acceptors (Lipinski definition) is 5. The fourth-order valence-electron chi connectivity index (χ4n) is 3.70. The molecule has 0 saturated heterocycles. The van der Waals surface area contributed by atoms with Gasteiger partial charge in [0.15, 0.2) is 5.82 Å². The number of benzene rings is 2. The van der Waals surface area contributed by atoms with Gasteiger partial charge < -0.3 is 10.6 Å². The van der Waals surface area contributed by atoms with Crippen LogP contribution in [0, 0.1) is 6.92 Å². The van der Waals surface area contributed by atoms with Crippen molar-refractivity contribution in [2.45, 2.75) is 13.3 Å². The van der Waals surface area contributed by atoms with Gasteiger partial charge in [-0.25, -0.2) is 9.97 Å². The molecule has 0 atom stereocenters. The molecule has 3 heterocycles. The lowest BCUT2D eigenvalue weighted by Crippen LogP contribution is -2.16. The average Bonchev–Trinajstić information content (AvgIpc) is 3.10. The molecule has 0 fully saturated rings. The van der Waals surface area contributed by atoms with Crippen LogP contribution in [0.25, 0.3) is 22.3 Å². The van der Waals surface area contributed by atoms with Gasteiger partial charge in [0.1, 0.15) is 5.82 Å². The van der Waals surface area contributed by atoms with Crippen LogP contribution in [0.3, 0.4) is 0 Å². The molecule has 0 unspecified atom stereocenters. The molecule has 132 valence electrons. The molecular weight excluding hydrogens is 334 g/mol. The summed E-state index contributed by atoms with van der Waals surface area (Å²) in [6, 6.07) is 16.3. The molecule has 0 aliphatic carbocycles. The van der Waals surface area contributed by atoms with Gasteiger partial charge in [-0.15, -0.1) is 0 Å². The molecule has 0 amide bonds. The number of rotatable bonds is 2. The first-order valence-corrected chi connectivity index (χ1v) is 9.04. The molecule has 27 heavy (non-hydrogen) atoms. The maximum atomic E-state index is 5.97. The van der Waals surface area contributed by atoms with Gasteiger partial charge in [0.2, 0.25) is 0 Å². The summed E-state index contributed by atoms with van der Waals surface area (Å²) < 4.78 is 0. The quantitative estimate of drug-likeness (QED) is 0.545. The first-order valence-electron chi connectivity index (χ1n) is 9.04. The van der Waals surface area contributed by atoms with Gasteiger partial charge in [-0.1, -0.05) is 11.6 Å². The zero-order chi connectivity index (χ0) is 18.4. The number of fused-ring (bicyclic) bond motifs is 2. The second kappa shape index (κ2) is 6.06. The highest BCUT2D eigenvalue weighted by molar-refractivity contribution is 5.94. The van der Waals surface area contributed by atoms with Crippen molar-refractivity contribution in [1.29, 1.82) is 0 Å². The van der Waals surface area contributed by atoms with Gasteiger partial charge in [-0.05, 0) is 61.4 Å². The van der Waals surface area contributed by atoms with Crippen molar-refractivity contribution in [3.8, 4) is 11.4 Å². The van der Waals surface area contributed by atoms with Crippen molar-refractivity contribution >= 4 is 28.1 Å². The molecule has 0 saturated carbocycles. The van der Waals surface area contributed by atoms with E-state index in [-0.39, 0.29) is 0 Å². The molecule has 5 nitrogen and oxygen atoms in total. The molecule has 0 spiro atoms. The Balaban J connectivity index is 1.75.